The van der Waals surface area contributed by atoms with Gasteiger partial charge in [0.25, 0.3) is 0 Å². The van der Waals surface area contributed by atoms with Crippen LogP contribution in [-0.2, 0) is 14.3 Å². The summed E-state index contributed by atoms with van der Waals surface area (Å²) in [6.45, 7) is 3.99. The van der Waals surface area contributed by atoms with E-state index in [1.807, 2.05) is 6.92 Å². The number of carbonyl (C=O) groups excluding carboxylic acids is 1. The van der Waals surface area contributed by atoms with Gasteiger partial charge in [-0.25, -0.2) is 4.79 Å². The molecule has 0 spiro atoms. The molecule has 0 aromatic rings. The second-order valence-electron chi connectivity index (χ2n) is 2.52. The molecule has 1 unspecified atom stereocenters. The van der Waals surface area contributed by atoms with Crippen molar-refractivity contribution in [3.8, 4) is 0 Å². The summed E-state index contributed by atoms with van der Waals surface area (Å²) in [5.74, 6) is -0.284. The lowest BCUT2D eigenvalue weighted by molar-refractivity contribution is -0.152. The Morgan fingerprint density at radius 3 is 2.64 bits per heavy atom. The van der Waals surface area contributed by atoms with Crippen LogP contribution in [0.25, 0.3) is 0 Å². The van der Waals surface area contributed by atoms with Gasteiger partial charge in [0, 0.05) is 7.11 Å². The Kier molecular flexibility index (Phi) is 5.84. The zero-order valence-corrected chi connectivity index (χ0v) is 7.42. The first-order valence-electron chi connectivity index (χ1n) is 3.89. The molecule has 0 aromatic heterocycles. The molecule has 3 heteroatoms. The summed E-state index contributed by atoms with van der Waals surface area (Å²) in [5.41, 5.74) is 0. The number of hydrogen-bond donors (Lipinski definition) is 0. The van der Waals surface area contributed by atoms with Crippen LogP contribution in [0.2, 0.25) is 0 Å². The third kappa shape index (κ3) is 5.85. The van der Waals surface area contributed by atoms with Crippen molar-refractivity contribution < 1.29 is 14.3 Å². The van der Waals surface area contributed by atoms with E-state index in [2.05, 4.69) is 11.7 Å². The standard InChI is InChI=1S/C8H16O3/c1-4-5-7(2)11-8(9)6-10-3/h7H,4-6H2,1-3H3. The average molecular weight is 160 g/mol. The molecule has 0 amide bonds. The largest absolute Gasteiger partial charge is 0.461 e. The number of ether oxygens (including phenoxy) is 2. The van der Waals surface area contributed by atoms with Gasteiger partial charge in [0.05, 0.1) is 6.10 Å². The summed E-state index contributed by atoms with van der Waals surface area (Å²) < 4.78 is 9.58. The summed E-state index contributed by atoms with van der Waals surface area (Å²) in [6, 6.07) is 0. The van der Waals surface area contributed by atoms with E-state index >= 15 is 0 Å². The first kappa shape index (κ1) is 10.4. The van der Waals surface area contributed by atoms with Gasteiger partial charge >= 0.3 is 5.97 Å². The number of rotatable bonds is 5. The minimum atomic E-state index is -0.284. The van der Waals surface area contributed by atoms with Gasteiger partial charge in [-0.15, -0.1) is 0 Å². The lowest BCUT2D eigenvalue weighted by Gasteiger charge is -2.10. The van der Waals surface area contributed by atoms with Crippen LogP contribution in [0.15, 0.2) is 0 Å². The highest BCUT2D eigenvalue weighted by Gasteiger charge is 2.06. The summed E-state index contributed by atoms with van der Waals surface area (Å²) in [6.07, 6.45) is 1.96. The molecule has 66 valence electrons. The Balaban J connectivity index is 3.40. The van der Waals surface area contributed by atoms with Crippen molar-refractivity contribution >= 4 is 5.97 Å². The Labute approximate surface area is 67.7 Å². The first-order chi connectivity index (χ1) is 5.20. The molecule has 0 aliphatic heterocycles. The van der Waals surface area contributed by atoms with Crippen LogP contribution in [0.1, 0.15) is 26.7 Å². The molecule has 0 heterocycles. The maximum absolute atomic E-state index is 10.8. The number of methoxy groups -OCH3 is 1. The van der Waals surface area contributed by atoms with Crippen LogP contribution in [0, 0.1) is 0 Å². The molecule has 0 aliphatic rings. The predicted octanol–water partition coefficient (Wildman–Crippen LogP) is 1.36. The van der Waals surface area contributed by atoms with E-state index < -0.39 is 0 Å². The lowest BCUT2D eigenvalue weighted by atomic mass is 10.2. The van der Waals surface area contributed by atoms with Crippen molar-refractivity contribution in [2.24, 2.45) is 0 Å². The van der Waals surface area contributed by atoms with Crippen LogP contribution in [-0.4, -0.2) is 25.8 Å². The third-order valence-electron chi connectivity index (χ3n) is 1.29. The van der Waals surface area contributed by atoms with E-state index in [0.717, 1.165) is 12.8 Å². The van der Waals surface area contributed by atoms with Crippen LogP contribution in [0.5, 0.6) is 0 Å². The van der Waals surface area contributed by atoms with Gasteiger partial charge in [0.15, 0.2) is 0 Å². The smallest absolute Gasteiger partial charge is 0.332 e. The topological polar surface area (TPSA) is 35.5 Å². The van der Waals surface area contributed by atoms with Crippen LogP contribution in [0.3, 0.4) is 0 Å². The average Bonchev–Trinajstić information content (AvgIpc) is 1.87. The summed E-state index contributed by atoms with van der Waals surface area (Å²) in [5, 5.41) is 0. The second kappa shape index (κ2) is 6.16. The summed E-state index contributed by atoms with van der Waals surface area (Å²) >= 11 is 0. The maximum Gasteiger partial charge on any atom is 0.332 e. The van der Waals surface area contributed by atoms with Crippen molar-refractivity contribution in [2.75, 3.05) is 13.7 Å². The minimum Gasteiger partial charge on any atom is -0.461 e. The molecule has 0 aliphatic carbocycles. The fourth-order valence-corrected chi connectivity index (χ4v) is 0.842. The van der Waals surface area contributed by atoms with E-state index in [1.165, 1.54) is 7.11 Å². The van der Waals surface area contributed by atoms with Gasteiger partial charge in [0.2, 0.25) is 0 Å². The predicted molar refractivity (Wildman–Crippen MR) is 42.3 cm³/mol. The van der Waals surface area contributed by atoms with Crippen molar-refractivity contribution in [1.82, 2.24) is 0 Å². The molecule has 11 heavy (non-hydrogen) atoms. The molecule has 0 fully saturated rings. The minimum absolute atomic E-state index is 0.0163. The van der Waals surface area contributed by atoms with Gasteiger partial charge in [-0.3, -0.25) is 0 Å². The number of carbonyl (C=O) groups is 1. The van der Waals surface area contributed by atoms with Crippen LogP contribution >= 0.6 is 0 Å². The van der Waals surface area contributed by atoms with E-state index in [1.54, 1.807) is 0 Å². The normalized spacial score (nSPS) is 12.6. The highest BCUT2D eigenvalue weighted by Crippen LogP contribution is 2.00. The molecule has 0 rings (SSSR count). The lowest BCUT2D eigenvalue weighted by Crippen LogP contribution is -2.18. The summed E-state index contributed by atoms with van der Waals surface area (Å²) in [4.78, 5) is 10.8. The van der Waals surface area contributed by atoms with E-state index in [0.29, 0.717) is 0 Å². The van der Waals surface area contributed by atoms with Crippen molar-refractivity contribution in [2.45, 2.75) is 32.8 Å². The van der Waals surface area contributed by atoms with Crippen molar-refractivity contribution in [3.05, 3.63) is 0 Å². The van der Waals surface area contributed by atoms with Crippen molar-refractivity contribution in [3.63, 3.8) is 0 Å². The van der Waals surface area contributed by atoms with E-state index in [4.69, 9.17) is 4.74 Å². The fourth-order valence-electron chi connectivity index (χ4n) is 0.842. The second-order valence-corrected chi connectivity index (χ2v) is 2.52. The third-order valence-corrected chi connectivity index (χ3v) is 1.29. The van der Waals surface area contributed by atoms with Crippen molar-refractivity contribution in [1.29, 1.82) is 0 Å². The van der Waals surface area contributed by atoms with Gasteiger partial charge in [-0.1, -0.05) is 13.3 Å². The zero-order valence-electron chi connectivity index (χ0n) is 7.42. The highest BCUT2D eigenvalue weighted by molar-refractivity contribution is 5.70. The van der Waals surface area contributed by atoms with Gasteiger partial charge in [-0.2, -0.15) is 0 Å². The molecule has 0 aromatic carbocycles. The molecule has 0 radical (unpaired) electrons. The Morgan fingerprint density at radius 1 is 1.55 bits per heavy atom. The van der Waals surface area contributed by atoms with Crippen LogP contribution < -0.4 is 0 Å². The molecule has 0 N–H and O–H groups in total. The van der Waals surface area contributed by atoms with Gasteiger partial charge in [0.1, 0.15) is 6.61 Å². The zero-order chi connectivity index (χ0) is 8.69. The number of hydrogen-bond acceptors (Lipinski definition) is 3. The Bertz CT molecular complexity index is 112. The summed E-state index contributed by atoms with van der Waals surface area (Å²) in [7, 11) is 1.48. The number of esters is 1. The quantitative estimate of drug-likeness (QED) is 0.570. The molecule has 0 bridgehead atoms. The van der Waals surface area contributed by atoms with E-state index in [-0.39, 0.29) is 18.7 Å². The molecule has 0 saturated heterocycles. The van der Waals surface area contributed by atoms with Crippen LogP contribution in [0.4, 0.5) is 0 Å². The Morgan fingerprint density at radius 2 is 2.18 bits per heavy atom. The highest BCUT2D eigenvalue weighted by atomic mass is 16.6. The Hall–Kier alpha value is -0.570. The van der Waals surface area contributed by atoms with E-state index in [9.17, 15) is 4.79 Å². The molecular weight excluding hydrogens is 144 g/mol. The van der Waals surface area contributed by atoms with Gasteiger partial charge in [-0.05, 0) is 13.3 Å². The fraction of sp³-hybridized carbons (Fsp3) is 0.875. The molecule has 1 atom stereocenters. The monoisotopic (exact) mass is 160 g/mol. The first-order valence-corrected chi connectivity index (χ1v) is 3.89. The SMILES string of the molecule is CCCC(C)OC(=O)COC. The molecule has 0 saturated carbocycles. The maximum atomic E-state index is 10.8. The molecular formula is C8H16O3. The van der Waals surface area contributed by atoms with Gasteiger partial charge < -0.3 is 9.47 Å². The molecule has 3 nitrogen and oxygen atoms in total.